The molecule has 2 rings (SSSR count). The normalized spacial score (nSPS) is 20.4. The van der Waals surface area contributed by atoms with Crippen LogP contribution in [0.5, 0.6) is 5.75 Å². The van der Waals surface area contributed by atoms with Crippen molar-refractivity contribution in [2.45, 2.75) is 51.2 Å². The van der Waals surface area contributed by atoms with Crippen LogP contribution in [0.15, 0.2) is 24.3 Å². The lowest BCUT2D eigenvalue weighted by atomic mass is 10.1. The molecule has 3 heteroatoms. The van der Waals surface area contributed by atoms with Crippen LogP contribution in [0.1, 0.15) is 37.7 Å². The smallest absolute Gasteiger partial charge is 0.119 e. The van der Waals surface area contributed by atoms with E-state index in [1.54, 1.807) is 0 Å². The van der Waals surface area contributed by atoms with E-state index in [0.717, 1.165) is 38.0 Å². The molecule has 1 aromatic rings. The van der Waals surface area contributed by atoms with E-state index in [4.69, 9.17) is 9.47 Å². The molecule has 0 saturated carbocycles. The molecule has 1 saturated heterocycles. The van der Waals surface area contributed by atoms with E-state index in [2.05, 4.69) is 0 Å². The quantitative estimate of drug-likeness (QED) is 0.822. The highest BCUT2D eigenvalue weighted by molar-refractivity contribution is 5.27. The molecule has 0 spiro atoms. The van der Waals surface area contributed by atoms with Crippen LogP contribution in [-0.2, 0) is 4.74 Å². The Labute approximate surface area is 115 Å². The van der Waals surface area contributed by atoms with Crippen LogP contribution >= 0.6 is 0 Å². The summed E-state index contributed by atoms with van der Waals surface area (Å²) in [6, 6.07) is 7.99. The van der Waals surface area contributed by atoms with Gasteiger partial charge in [-0.2, -0.15) is 0 Å². The Bertz CT molecular complexity index is 372. The minimum atomic E-state index is -0.283. The predicted octanol–water partition coefficient (Wildman–Crippen LogP) is 3.08. The summed E-state index contributed by atoms with van der Waals surface area (Å²) in [5.41, 5.74) is 1.19. The van der Waals surface area contributed by atoms with Crippen LogP contribution in [0.4, 0.5) is 0 Å². The van der Waals surface area contributed by atoms with Crippen molar-refractivity contribution in [2.24, 2.45) is 0 Å². The Kier molecular flexibility index (Phi) is 5.67. The van der Waals surface area contributed by atoms with Crippen molar-refractivity contribution >= 4 is 0 Å². The summed E-state index contributed by atoms with van der Waals surface area (Å²) in [7, 11) is 0. The maximum Gasteiger partial charge on any atom is 0.119 e. The van der Waals surface area contributed by atoms with Gasteiger partial charge in [-0.1, -0.05) is 12.1 Å². The highest BCUT2D eigenvalue weighted by Gasteiger charge is 2.16. The van der Waals surface area contributed by atoms with E-state index >= 15 is 0 Å². The van der Waals surface area contributed by atoms with Gasteiger partial charge in [-0.25, -0.2) is 0 Å². The highest BCUT2D eigenvalue weighted by Crippen LogP contribution is 2.19. The summed E-state index contributed by atoms with van der Waals surface area (Å²) in [5.74, 6) is 0.881. The Morgan fingerprint density at radius 1 is 1.42 bits per heavy atom. The van der Waals surface area contributed by atoms with Gasteiger partial charge in [0.2, 0.25) is 0 Å². The third-order valence-corrected chi connectivity index (χ3v) is 3.56. The number of benzene rings is 1. The van der Waals surface area contributed by atoms with E-state index < -0.39 is 0 Å². The van der Waals surface area contributed by atoms with Gasteiger partial charge >= 0.3 is 0 Å². The van der Waals surface area contributed by atoms with Crippen molar-refractivity contribution in [3.63, 3.8) is 0 Å². The van der Waals surface area contributed by atoms with Gasteiger partial charge in [0.1, 0.15) is 5.75 Å². The largest absolute Gasteiger partial charge is 0.493 e. The molecule has 2 unspecified atom stereocenters. The van der Waals surface area contributed by atoms with Crippen molar-refractivity contribution in [3.8, 4) is 5.75 Å². The standard InChI is InChI=1S/C16H24O3/c1-13-4-2-5-16(12-13)19-11-9-14(17)7-8-15-6-3-10-18-15/h2,4-5,12,14-15,17H,3,6-11H2,1H3. The summed E-state index contributed by atoms with van der Waals surface area (Å²) < 4.78 is 11.2. The zero-order chi connectivity index (χ0) is 13.5. The third kappa shape index (κ3) is 5.21. The summed E-state index contributed by atoms with van der Waals surface area (Å²) in [6.07, 6.45) is 4.85. The zero-order valence-electron chi connectivity index (χ0n) is 11.7. The first-order valence-electron chi connectivity index (χ1n) is 7.23. The number of aliphatic hydroxyl groups is 1. The van der Waals surface area contributed by atoms with Crippen molar-refractivity contribution in [3.05, 3.63) is 29.8 Å². The molecule has 106 valence electrons. The molecule has 2 atom stereocenters. The average Bonchev–Trinajstić information content (AvgIpc) is 2.89. The van der Waals surface area contributed by atoms with Crippen molar-refractivity contribution < 1.29 is 14.6 Å². The second kappa shape index (κ2) is 7.51. The lowest BCUT2D eigenvalue weighted by molar-refractivity contribution is 0.0740. The molecule has 1 N–H and O–H groups in total. The third-order valence-electron chi connectivity index (χ3n) is 3.56. The Morgan fingerprint density at radius 3 is 3.05 bits per heavy atom. The second-order valence-electron chi connectivity index (χ2n) is 5.32. The van der Waals surface area contributed by atoms with Crippen LogP contribution in [0, 0.1) is 6.92 Å². The van der Waals surface area contributed by atoms with Gasteiger partial charge in [-0.05, 0) is 50.3 Å². The molecule has 0 aromatic heterocycles. The summed E-state index contributed by atoms with van der Waals surface area (Å²) >= 11 is 0. The molecular formula is C16H24O3. The number of rotatable bonds is 7. The molecule has 0 amide bonds. The topological polar surface area (TPSA) is 38.7 Å². The van der Waals surface area contributed by atoms with E-state index in [-0.39, 0.29) is 6.10 Å². The highest BCUT2D eigenvalue weighted by atomic mass is 16.5. The predicted molar refractivity (Wildman–Crippen MR) is 75.5 cm³/mol. The number of hydrogen-bond donors (Lipinski definition) is 1. The molecule has 19 heavy (non-hydrogen) atoms. The fourth-order valence-corrected chi connectivity index (χ4v) is 2.41. The van der Waals surface area contributed by atoms with E-state index in [0.29, 0.717) is 19.1 Å². The molecule has 0 radical (unpaired) electrons. The van der Waals surface area contributed by atoms with E-state index in [1.807, 2.05) is 31.2 Å². The van der Waals surface area contributed by atoms with Gasteiger partial charge in [0.15, 0.2) is 0 Å². The fraction of sp³-hybridized carbons (Fsp3) is 0.625. The van der Waals surface area contributed by atoms with Crippen LogP contribution in [0.25, 0.3) is 0 Å². The first-order valence-corrected chi connectivity index (χ1v) is 7.23. The van der Waals surface area contributed by atoms with Gasteiger partial charge in [0.05, 0.1) is 18.8 Å². The molecule has 1 fully saturated rings. The first-order chi connectivity index (χ1) is 9.24. The monoisotopic (exact) mass is 264 g/mol. The zero-order valence-corrected chi connectivity index (χ0v) is 11.7. The van der Waals surface area contributed by atoms with Crippen molar-refractivity contribution in [2.75, 3.05) is 13.2 Å². The Hall–Kier alpha value is -1.06. The molecule has 0 aliphatic carbocycles. The minimum absolute atomic E-state index is 0.283. The van der Waals surface area contributed by atoms with Gasteiger partial charge < -0.3 is 14.6 Å². The summed E-state index contributed by atoms with van der Waals surface area (Å²) in [5, 5.41) is 9.91. The molecule has 1 heterocycles. The van der Waals surface area contributed by atoms with Crippen molar-refractivity contribution in [1.29, 1.82) is 0 Å². The SMILES string of the molecule is Cc1cccc(OCCC(O)CCC2CCCO2)c1. The molecule has 3 nitrogen and oxygen atoms in total. The fourth-order valence-electron chi connectivity index (χ4n) is 2.41. The Morgan fingerprint density at radius 2 is 2.32 bits per heavy atom. The van der Waals surface area contributed by atoms with E-state index in [9.17, 15) is 5.11 Å². The molecule has 1 aliphatic rings. The number of hydrogen-bond acceptors (Lipinski definition) is 3. The summed E-state index contributed by atoms with van der Waals surface area (Å²) in [6.45, 7) is 3.50. The molecule has 1 aromatic carbocycles. The summed E-state index contributed by atoms with van der Waals surface area (Å²) in [4.78, 5) is 0. The van der Waals surface area contributed by atoms with Crippen LogP contribution in [0.3, 0.4) is 0 Å². The van der Waals surface area contributed by atoms with Crippen molar-refractivity contribution in [1.82, 2.24) is 0 Å². The molecule has 1 aliphatic heterocycles. The van der Waals surface area contributed by atoms with Gasteiger partial charge in [-0.15, -0.1) is 0 Å². The van der Waals surface area contributed by atoms with Gasteiger partial charge in [0, 0.05) is 13.0 Å². The first kappa shape index (κ1) is 14.4. The maximum absolute atomic E-state index is 9.91. The van der Waals surface area contributed by atoms with Crippen LogP contribution in [0.2, 0.25) is 0 Å². The Balaban J connectivity index is 1.59. The average molecular weight is 264 g/mol. The molecule has 0 bridgehead atoms. The van der Waals surface area contributed by atoms with E-state index in [1.165, 1.54) is 5.56 Å². The second-order valence-corrected chi connectivity index (χ2v) is 5.32. The van der Waals surface area contributed by atoms with Crippen LogP contribution < -0.4 is 4.74 Å². The lowest BCUT2D eigenvalue weighted by Crippen LogP contribution is -2.15. The van der Waals surface area contributed by atoms with Crippen LogP contribution in [-0.4, -0.2) is 30.5 Å². The number of ether oxygens (including phenoxy) is 2. The maximum atomic E-state index is 9.91. The lowest BCUT2D eigenvalue weighted by Gasteiger charge is -2.14. The number of aryl methyl sites for hydroxylation is 1. The number of aliphatic hydroxyl groups excluding tert-OH is 1. The van der Waals surface area contributed by atoms with Gasteiger partial charge in [-0.3, -0.25) is 0 Å². The van der Waals surface area contributed by atoms with Gasteiger partial charge in [0.25, 0.3) is 0 Å². The minimum Gasteiger partial charge on any atom is -0.493 e. The molecular weight excluding hydrogens is 240 g/mol.